The van der Waals surface area contributed by atoms with Crippen molar-refractivity contribution in [3.05, 3.63) is 72.3 Å². The molecule has 0 unspecified atom stereocenters. The highest BCUT2D eigenvalue weighted by Gasteiger charge is 2.61. The molecule has 1 saturated heterocycles. The molecule has 57 heavy (non-hydrogen) atoms. The number of pyridine rings is 1. The molecule has 14 nitrogen and oxygen atoms in total. The molecular weight excluding hydrogens is 756 g/mol. The van der Waals surface area contributed by atoms with E-state index in [1.165, 1.54) is 28.8 Å². The lowest BCUT2D eigenvalue weighted by Crippen LogP contribution is -2.52. The Balaban J connectivity index is 1.14. The van der Waals surface area contributed by atoms with Crippen LogP contribution < -0.4 is 19.5 Å². The Morgan fingerprint density at radius 1 is 1.00 bits per heavy atom. The average Bonchev–Trinajstić information content (AvgIpc) is 4.07. The molecule has 2 aromatic carbocycles. The van der Waals surface area contributed by atoms with Gasteiger partial charge in [-0.1, -0.05) is 25.0 Å². The van der Waals surface area contributed by atoms with E-state index in [1.54, 1.807) is 43.6 Å². The quantitative estimate of drug-likeness (QED) is 0.190. The van der Waals surface area contributed by atoms with Crippen molar-refractivity contribution < 1.29 is 41.5 Å². The lowest BCUT2D eigenvalue weighted by molar-refractivity contribution is -0.140. The highest BCUT2D eigenvalue weighted by Crippen LogP contribution is 2.57. The van der Waals surface area contributed by atoms with Crippen molar-refractivity contribution in [3.8, 4) is 11.6 Å². The molecule has 2 aromatic heterocycles. The number of hydrogen-bond donors (Lipinski definition) is 2. The Bertz CT molecular complexity index is 2410. The number of allylic oxidation sites excluding steroid dienone is 2. The van der Waals surface area contributed by atoms with Gasteiger partial charge in [-0.25, -0.2) is 17.8 Å². The van der Waals surface area contributed by atoms with Gasteiger partial charge in [-0.05, 0) is 86.2 Å². The first-order valence-electron chi connectivity index (χ1n) is 19.5. The Morgan fingerprint density at radius 2 is 1.81 bits per heavy atom. The minimum absolute atomic E-state index is 0.0323. The Morgan fingerprint density at radius 3 is 2.56 bits per heavy atom. The fourth-order valence-electron chi connectivity index (χ4n) is 8.26. The van der Waals surface area contributed by atoms with Crippen LogP contribution in [0.1, 0.15) is 74.7 Å². The highest BCUT2D eigenvalue weighted by molar-refractivity contribution is 7.90. The maximum atomic E-state index is 14.7. The van der Waals surface area contributed by atoms with E-state index in [0.29, 0.717) is 59.5 Å². The number of ether oxygens (including phenoxy) is 2. The van der Waals surface area contributed by atoms with Crippen molar-refractivity contribution in [2.24, 2.45) is 18.4 Å². The second kappa shape index (κ2) is 15.2. The van der Waals surface area contributed by atoms with Crippen LogP contribution in [-0.4, -0.2) is 88.7 Å². The van der Waals surface area contributed by atoms with Gasteiger partial charge in [0.25, 0.3) is 5.91 Å². The van der Waals surface area contributed by atoms with Gasteiger partial charge in [0.1, 0.15) is 29.4 Å². The standard InChI is InChI=1S/C41H45FN6O8S/c1-47-17-16-32(45-47)37(50)43-33-9-7-5-3-4-6-8-24-21-41(24,40(52)46-57(53,54)28-12-13-28)22-36(49)35-20-27(23-48(35)39(33)51)56-38-30-14-10-25(42)18-31(30)29-15-11-26(55-2)19-34(29)44-38/h6,8,10-11,14-19,24,27-28,33,35H,3-5,7,9,12-13,20-23H2,1-2H3,(H,43,50)(H,46,52)/b8-6-/t24-,27-,33+,35+,41-/m1/s1. The van der Waals surface area contributed by atoms with Gasteiger partial charge >= 0.3 is 0 Å². The molecule has 16 heteroatoms. The number of aryl methyl sites for hydroxylation is 1. The predicted molar refractivity (Wildman–Crippen MR) is 207 cm³/mol. The summed E-state index contributed by atoms with van der Waals surface area (Å²) in [4.78, 5) is 62.7. The van der Waals surface area contributed by atoms with Crippen molar-refractivity contribution in [1.82, 2.24) is 29.7 Å². The minimum Gasteiger partial charge on any atom is -0.497 e. The first-order chi connectivity index (χ1) is 27.3. The van der Waals surface area contributed by atoms with Crippen LogP contribution in [0.3, 0.4) is 0 Å². The Hall–Kier alpha value is -5.38. The predicted octanol–water partition coefficient (Wildman–Crippen LogP) is 4.51. The minimum atomic E-state index is -3.89. The normalized spacial score (nSPS) is 26.2. The number of halogens is 1. The largest absolute Gasteiger partial charge is 0.497 e. The number of hydrogen-bond acceptors (Lipinski definition) is 10. The summed E-state index contributed by atoms with van der Waals surface area (Å²) in [5, 5.41) is 8.19. The number of ketones is 1. The highest BCUT2D eigenvalue weighted by atomic mass is 32.2. The number of benzene rings is 2. The summed E-state index contributed by atoms with van der Waals surface area (Å²) in [7, 11) is -0.678. The third-order valence-electron chi connectivity index (χ3n) is 11.7. The van der Waals surface area contributed by atoms with Crippen LogP contribution in [-0.2, 0) is 31.5 Å². The molecular formula is C41H45FN6O8S. The number of methoxy groups -OCH3 is 1. The van der Waals surface area contributed by atoms with Gasteiger partial charge in [0, 0.05) is 42.9 Å². The lowest BCUT2D eigenvalue weighted by Gasteiger charge is -2.29. The molecule has 4 heterocycles. The van der Waals surface area contributed by atoms with Gasteiger partial charge in [-0.2, -0.15) is 5.10 Å². The summed E-state index contributed by atoms with van der Waals surface area (Å²) in [5.74, 6) is -2.24. The van der Waals surface area contributed by atoms with Gasteiger partial charge < -0.3 is 19.7 Å². The second-order valence-corrected chi connectivity index (χ2v) is 17.7. The van der Waals surface area contributed by atoms with Crippen LogP contribution in [0.2, 0.25) is 0 Å². The van der Waals surface area contributed by atoms with E-state index in [0.717, 1.165) is 12.8 Å². The van der Waals surface area contributed by atoms with Crippen molar-refractivity contribution in [1.29, 1.82) is 0 Å². The summed E-state index contributed by atoms with van der Waals surface area (Å²) in [6, 6.07) is 9.01. The van der Waals surface area contributed by atoms with Crippen molar-refractivity contribution in [2.45, 2.75) is 87.6 Å². The number of aromatic nitrogens is 3. The topological polar surface area (TPSA) is 179 Å². The van der Waals surface area contributed by atoms with E-state index >= 15 is 0 Å². The fraction of sp³-hybridized carbons (Fsp3) is 0.463. The monoisotopic (exact) mass is 800 g/mol. The molecule has 3 amide bonds. The summed E-state index contributed by atoms with van der Waals surface area (Å²) in [5.41, 5.74) is -0.672. The molecule has 8 rings (SSSR count). The third kappa shape index (κ3) is 7.83. The van der Waals surface area contributed by atoms with Crippen LogP contribution in [0.25, 0.3) is 21.7 Å². The van der Waals surface area contributed by atoms with E-state index in [4.69, 9.17) is 14.5 Å². The number of rotatable bonds is 8. The fourth-order valence-corrected chi connectivity index (χ4v) is 9.64. The van der Waals surface area contributed by atoms with Crippen molar-refractivity contribution >= 4 is 55.2 Å². The molecule has 4 aromatic rings. The van der Waals surface area contributed by atoms with Gasteiger partial charge in [-0.3, -0.25) is 28.6 Å². The van der Waals surface area contributed by atoms with Gasteiger partial charge in [-0.15, -0.1) is 0 Å². The Kier molecular flexibility index (Phi) is 10.2. The molecule has 5 atom stereocenters. The molecule has 0 bridgehead atoms. The summed E-state index contributed by atoms with van der Waals surface area (Å²) in [6.07, 6.45) is 8.87. The van der Waals surface area contributed by atoms with E-state index in [2.05, 4.69) is 15.1 Å². The van der Waals surface area contributed by atoms with Crippen LogP contribution in [0.4, 0.5) is 4.39 Å². The number of amides is 3. The summed E-state index contributed by atoms with van der Waals surface area (Å²) < 4.78 is 56.2. The summed E-state index contributed by atoms with van der Waals surface area (Å²) >= 11 is 0. The second-order valence-electron chi connectivity index (χ2n) is 15.7. The van der Waals surface area contributed by atoms with Crippen LogP contribution in [0.5, 0.6) is 11.6 Å². The van der Waals surface area contributed by atoms with Crippen molar-refractivity contribution in [3.63, 3.8) is 0 Å². The molecule has 3 fully saturated rings. The molecule has 0 spiro atoms. The zero-order valence-electron chi connectivity index (χ0n) is 31.8. The molecule has 2 N–H and O–H groups in total. The molecule has 2 saturated carbocycles. The number of carbonyl (C=O) groups is 4. The lowest BCUT2D eigenvalue weighted by atomic mass is 9.91. The van der Waals surface area contributed by atoms with Gasteiger partial charge in [0.05, 0.1) is 35.9 Å². The first-order valence-corrected chi connectivity index (χ1v) is 21.0. The smallest absolute Gasteiger partial charge is 0.272 e. The number of nitrogens with one attached hydrogen (secondary N) is 2. The zero-order valence-corrected chi connectivity index (χ0v) is 32.6. The number of sulfonamides is 1. The number of nitrogens with zero attached hydrogens (tertiary/aromatic N) is 4. The maximum absolute atomic E-state index is 14.7. The van der Waals surface area contributed by atoms with E-state index in [9.17, 15) is 32.0 Å². The zero-order chi connectivity index (χ0) is 40.1. The Labute approximate surface area is 329 Å². The SMILES string of the molecule is COc1ccc2c(c1)nc(O[C@@H]1C[C@H]3C(=O)C[C@]4(C(=O)NS(=O)(=O)C5CC5)C[C@H]4/C=C\CCCCC[C@H](NC(=O)c4ccn(C)n4)C(=O)N3C1)c1ccc(F)cc12. The van der Waals surface area contributed by atoms with Crippen LogP contribution in [0.15, 0.2) is 60.8 Å². The van der Waals surface area contributed by atoms with Gasteiger partial charge in [0.2, 0.25) is 27.7 Å². The molecule has 2 aliphatic carbocycles. The maximum Gasteiger partial charge on any atom is 0.272 e. The third-order valence-corrected chi connectivity index (χ3v) is 13.5. The van der Waals surface area contributed by atoms with Crippen LogP contribution in [0, 0.1) is 17.2 Å². The molecule has 300 valence electrons. The number of Topliss-reactive ketones (excluding diaryl/α,β-unsaturated/α-hetero) is 1. The molecule has 2 aliphatic heterocycles. The van der Waals surface area contributed by atoms with E-state index in [-0.39, 0.29) is 43.3 Å². The van der Waals surface area contributed by atoms with Crippen LogP contribution >= 0.6 is 0 Å². The number of fused-ring (bicyclic) bond motifs is 5. The first kappa shape index (κ1) is 38.5. The molecule has 0 radical (unpaired) electrons. The molecule has 4 aliphatic rings. The summed E-state index contributed by atoms with van der Waals surface area (Å²) in [6.45, 7) is -0.0513. The average molecular weight is 801 g/mol. The van der Waals surface area contributed by atoms with E-state index < -0.39 is 68.2 Å². The van der Waals surface area contributed by atoms with Crippen molar-refractivity contribution in [2.75, 3.05) is 13.7 Å². The van der Waals surface area contributed by atoms with Gasteiger partial charge in [0.15, 0.2) is 5.78 Å². The number of carbonyl (C=O) groups excluding carboxylic acids is 4. The van der Waals surface area contributed by atoms with E-state index in [1.807, 2.05) is 12.2 Å².